The van der Waals surface area contributed by atoms with E-state index < -0.39 is 5.60 Å². The molecule has 1 saturated carbocycles. The van der Waals surface area contributed by atoms with Crippen molar-refractivity contribution in [1.82, 2.24) is 4.90 Å². The van der Waals surface area contributed by atoms with E-state index in [2.05, 4.69) is 0 Å². The number of Topliss-reactive ketones (excluding diaryl/α,β-unsaturated/α-hetero) is 1. The van der Waals surface area contributed by atoms with E-state index in [-0.39, 0.29) is 17.8 Å². The number of piperidine rings is 1. The van der Waals surface area contributed by atoms with Gasteiger partial charge < -0.3 is 9.64 Å². The van der Waals surface area contributed by atoms with Gasteiger partial charge in [-0.3, -0.25) is 4.79 Å². The molecular weight excluding hydrogens is 274 g/mol. The summed E-state index contributed by atoms with van der Waals surface area (Å²) >= 11 is 1.50. The molecule has 4 nitrogen and oxygen atoms in total. The number of ether oxygens (including phenoxy) is 1. The highest BCUT2D eigenvalue weighted by Crippen LogP contribution is 2.53. The lowest BCUT2D eigenvalue weighted by atomic mass is 10.1. The highest BCUT2D eigenvalue weighted by atomic mass is 32.1. The van der Waals surface area contributed by atoms with E-state index in [0.29, 0.717) is 24.9 Å². The first-order chi connectivity index (χ1) is 9.37. The number of amides is 1. The Labute approximate surface area is 122 Å². The van der Waals surface area contributed by atoms with Crippen LogP contribution in [0.2, 0.25) is 0 Å². The van der Waals surface area contributed by atoms with Gasteiger partial charge in [-0.1, -0.05) is 6.07 Å². The van der Waals surface area contributed by atoms with Crippen LogP contribution in [0.15, 0.2) is 17.5 Å². The summed E-state index contributed by atoms with van der Waals surface area (Å²) in [6, 6.07) is 3.79. The van der Waals surface area contributed by atoms with Gasteiger partial charge >= 0.3 is 6.09 Å². The number of ketones is 1. The Balaban J connectivity index is 1.56. The van der Waals surface area contributed by atoms with Crippen molar-refractivity contribution in [1.29, 1.82) is 0 Å². The zero-order valence-corrected chi connectivity index (χ0v) is 12.8. The Morgan fingerprint density at radius 1 is 1.30 bits per heavy atom. The smallest absolute Gasteiger partial charge is 0.410 e. The maximum atomic E-state index is 12.3. The van der Waals surface area contributed by atoms with Crippen LogP contribution in [0.1, 0.15) is 30.4 Å². The second kappa shape index (κ2) is 4.58. The highest BCUT2D eigenvalue weighted by Gasteiger charge is 2.60. The molecule has 0 aromatic carbocycles. The summed E-state index contributed by atoms with van der Waals surface area (Å²) in [7, 11) is 0. The Bertz CT molecular complexity index is 520. The van der Waals surface area contributed by atoms with Gasteiger partial charge in [-0.15, -0.1) is 11.3 Å². The topological polar surface area (TPSA) is 46.6 Å². The van der Waals surface area contributed by atoms with Crippen LogP contribution in [-0.4, -0.2) is 35.5 Å². The van der Waals surface area contributed by atoms with Crippen LogP contribution >= 0.6 is 11.3 Å². The summed E-state index contributed by atoms with van der Waals surface area (Å²) < 4.78 is 5.36. The van der Waals surface area contributed by atoms with Gasteiger partial charge in [0.1, 0.15) is 5.60 Å². The lowest BCUT2D eigenvalue weighted by Crippen LogP contribution is -2.37. The van der Waals surface area contributed by atoms with Gasteiger partial charge in [0.15, 0.2) is 5.78 Å². The van der Waals surface area contributed by atoms with Crippen molar-refractivity contribution in [2.75, 3.05) is 13.1 Å². The van der Waals surface area contributed by atoms with Crippen LogP contribution in [0, 0.1) is 17.8 Å². The normalized spacial score (nSPS) is 28.1. The fourth-order valence-electron chi connectivity index (χ4n) is 2.97. The van der Waals surface area contributed by atoms with E-state index in [1.807, 2.05) is 38.3 Å². The molecule has 2 atom stereocenters. The summed E-state index contributed by atoms with van der Waals surface area (Å²) in [6.07, 6.45) is -0.257. The van der Waals surface area contributed by atoms with Crippen LogP contribution in [-0.2, 0) is 4.74 Å². The molecule has 1 aliphatic carbocycles. The minimum absolute atomic E-state index is 0.118. The maximum absolute atomic E-state index is 12.3. The number of fused-ring (bicyclic) bond motifs is 1. The zero-order chi connectivity index (χ0) is 14.5. The Morgan fingerprint density at radius 2 is 1.95 bits per heavy atom. The molecule has 1 saturated heterocycles. The van der Waals surface area contributed by atoms with Crippen LogP contribution in [0.25, 0.3) is 0 Å². The second-order valence-corrected chi connectivity index (χ2v) is 7.53. The molecular formula is C15H19NO3S. The van der Waals surface area contributed by atoms with Crippen molar-refractivity contribution in [2.24, 2.45) is 17.8 Å². The maximum Gasteiger partial charge on any atom is 0.410 e. The van der Waals surface area contributed by atoms with Gasteiger partial charge in [-0.25, -0.2) is 4.79 Å². The lowest BCUT2D eigenvalue weighted by molar-refractivity contribution is 0.0264. The van der Waals surface area contributed by atoms with Crippen molar-refractivity contribution < 1.29 is 14.3 Å². The highest BCUT2D eigenvalue weighted by molar-refractivity contribution is 7.12. The molecule has 1 aliphatic heterocycles. The first-order valence-electron chi connectivity index (χ1n) is 6.92. The Hall–Kier alpha value is -1.36. The van der Waals surface area contributed by atoms with Crippen LogP contribution in [0.4, 0.5) is 4.79 Å². The Morgan fingerprint density at radius 3 is 2.45 bits per heavy atom. The van der Waals surface area contributed by atoms with Crippen LogP contribution in [0.3, 0.4) is 0 Å². The standard InChI is InChI=1S/C15H19NO3S/c1-15(2,3)19-14(18)16-7-9-10(8-16)12(9)13(17)11-5-4-6-20-11/h4-6,9-10,12H,7-8H2,1-3H3. The average molecular weight is 293 g/mol. The number of likely N-dealkylation sites (tertiary alicyclic amines) is 1. The number of carbonyl (C=O) groups excluding carboxylic acids is 2. The molecule has 108 valence electrons. The van der Waals surface area contributed by atoms with Crippen molar-refractivity contribution in [3.05, 3.63) is 22.4 Å². The van der Waals surface area contributed by atoms with Gasteiger partial charge in [0.05, 0.1) is 4.88 Å². The lowest BCUT2D eigenvalue weighted by Gasteiger charge is -2.25. The molecule has 20 heavy (non-hydrogen) atoms. The van der Waals surface area contributed by atoms with E-state index in [4.69, 9.17) is 4.74 Å². The van der Waals surface area contributed by atoms with Gasteiger partial charge in [0, 0.05) is 19.0 Å². The number of thiophene rings is 1. The monoisotopic (exact) mass is 293 g/mol. The van der Waals surface area contributed by atoms with Crippen molar-refractivity contribution in [3.63, 3.8) is 0 Å². The molecule has 0 spiro atoms. The van der Waals surface area contributed by atoms with E-state index >= 15 is 0 Å². The quantitative estimate of drug-likeness (QED) is 0.787. The van der Waals surface area contributed by atoms with Gasteiger partial charge in [-0.2, -0.15) is 0 Å². The first-order valence-corrected chi connectivity index (χ1v) is 7.80. The van der Waals surface area contributed by atoms with Gasteiger partial charge in [0.2, 0.25) is 0 Å². The van der Waals surface area contributed by atoms with Crippen LogP contribution in [0.5, 0.6) is 0 Å². The molecule has 2 fully saturated rings. The van der Waals surface area contributed by atoms with Crippen molar-refractivity contribution >= 4 is 23.2 Å². The molecule has 0 radical (unpaired) electrons. The third-order valence-corrected chi connectivity index (χ3v) is 4.80. The molecule has 1 aromatic rings. The summed E-state index contributed by atoms with van der Waals surface area (Å²) in [5, 5.41) is 1.93. The summed E-state index contributed by atoms with van der Waals surface area (Å²) in [5.74, 6) is 1.03. The third-order valence-electron chi connectivity index (χ3n) is 3.91. The molecule has 2 heterocycles. The third kappa shape index (κ3) is 2.46. The predicted octanol–water partition coefficient (Wildman–Crippen LogP) is 3.04. The molecule has 2 unspecified atom stereocenters. The van der Waals surface area contributed by atoms with E-state index in [9.17, 15) is 9.59 Å². The molecule has 3 rings (SSSR count). The largest absolute Gasteiger partial charge is 0.444 e. The van der Waals surface area contributed by atoms with Gasteiger partial charge in [-0.05, 0) is 44.1 Å². The summed E-state index contributed by atoms with van der Waals surface area (Å²) in [5.41, 5.74) is -0.462. The summed E-state index contributed by atoms with van der Waals surface area (Å²) in [4.78, 5) is 26.8. The molecule has 0 N–H and O–H groups in total. The fraction of sp³-hybridized carbons (Fsp3) is 0.600. The average Bonchev–Trinajstić information content (AvgIpc) is 2.78. The van der Waals surface area contributed by atoms with E-state index in [1.54, 1.807) is 4.90 Å². The summed E-state index contributed by atoms with van der Waals surface area (Å²) in [6.45, 7) is 6.91. The number of hydrogen-bond acceptors (Lipinski definition) is 4. The zero-order valence-electron chi connectivity index (χ0n) is 12.0. The van der Waals surface area contributed by atoms with Crippen LogP contribution < -0.4 is 0 Å². The molecule has 1 aromatic heterocycles. The minimum atomic E-state index is -0.462. The van der Waals surface area contributed by atoms with Crippen molar-refractivity contribution in [3.8, 4) is 0 Å². The molecule has 1 amide bonds. The molecule has 5 heteroatoms. The molecule has 0 bridgehead atoms. The van der Waals surface area contributed by atoms with Gasteiger partial charge in [0.25, 0.3) is 0 Å². The number of rotatable bonds is 2. The number of carbonyl (C=O) groups is 2. The Kier molecular flexibility index (Phi) is 3.12. The van der Waals surface area contributed by atoms with E-state index in [0.717, 1.165) is 4.88 Å². The van der Waals surface area contributed by atoms with Crippen molar-refractivity contribution in [2.45, 2.75) is 26.4 Å². The minimum Gasteiger partial charge on any atom is -0.444 e. The number of nitrogens with zero attached hydrogens (tertiary/aromatic N) is 1. The first kappa shape index (κ1) is 13.6. The number of hydrogen-bond donors (Lipinski definition) is 0. The molecule has 2 aliphatic rings. The SMILES string of the molecule is CC(C)(C)OC(=O)N1CC2C(C1)C2C(=O)c1cccs1. The van der Waals surface area contributed by atoms with E-state index in [1.165, 1.54) is 11.3 Å². The fourth-order valence-corrected chi connectivity index (χ4v) is 3.69. The second-order valence-electron chi connectivity index (χ2n) is 6.58. The predicted molar refractivity (Wildman–Crippen MR) is 76.9 cm³/mol.